The second-order valence-electron chi connectivity index (χ2n) is 6.74. The van der Waals surface area contributed by atoms with Crippen LogP contribution in [0.1, 0.15) is 12.8 Å². The zero-order chi connectivity index (χ0) is 19.2. The number of carbonyl (C=O) groups excluding carboxylic acids is 1. The number of nitrogens with zero attached hydrogens (tertiary/aromatic N) is 1. The van der Waals surface area contributed by atoms with Crippen LogP contribution in [0.5, 0.6) is 0 Å². The molecule has 2 aromatic rings. The number of hydrogen-bond donors (Lipinski definition) is 2. The molecule has 2 aliphatic rings. The first-order chi connectivity index (χ1) is 12.9. The number of benzene rings is 2. The summed E-state index contributed by atoms with van der Waals surface area (Å²) in [6, 6.07) is 11.2. The topological polar surface area (TPSA) is 104 Å². The van der Waals surface area contributed by atoms with E-state index in [1.165, 1.54) is 6.07 Å². The van der Waals surface area contributed by atoms with Gasteiger partial charge in [0.2, 0.25) is 9.84 Å². The van der Waals surface area contributed by atoms with Crippen LogP contribution in [0.25, 0.3) is 11.1 Å². The lowest BCUT2D eigenvalue weighted by Crippen LogP contribution is -2.42. The molecule has 0 spiro atoms. The van der Waals surface area contributed by atoms with E-state index < -0.39 is 21.7 Å². The molecule has 2 aliphatic heterocycles. The van der Waals surface area contributed by atoms with Gasteiger partial charge in [-0.05, 0) is 37.1 Å². The zero-order valence-electron chi connectivity index (χ0n) is 14.4. The highest BCUT2D eigenvalue weighted by atomic mass is 32.2. The van der Waals surface area contributed by atoms with Crippen molar-refractivity contribution in [1.29, 1.82) is 0 Å². The molecule has 2 heterocycles. The van der Waals surface area contributed by atoms with Crippen LogP contribution in [0.4, 0.5) is 10.5 Å². The molecule has 27 heavy (non-hydrogen) atoms. The number of carbonyl (C=O) groups is 2. The number of carboxylic acid groups (broad SMARTS) is 1. The first kappa shape index (κ1) is 17.5. The van der Waals surface area contributed by atoms with E-state index >= 15 is 0 Å². The fraction of sp³-hybridized carbons (Fsp3) is 0.263. The van der Waals surface area contributed by atoms with Crippen LogP contribution in [-0.2, 0) is 14.6 Å². The second kappa shape index (κ2) is 6.38. The summed E-state index contributed by atoms with van der Waals surface area (Å²) in [4.78, 5) is 25.6. The minimum absolute atomic E-state index is 0.240. The van der Waals surface area contributed by atoms with Crippen molar-refractivity contribution in [2.45, 2.75) is 22.6 Å². The number of rotatable bonds is 2. The summed E-state index contributed by atoms with van der Waals surface area (Å²) in [5.41, 5.74) is 1.71. The third kappa shape index (κ3) is 2.95. The van der Waals surface area contributed by atoms with Crippen molar-refractivity contribution in [3.05, 3.63) is 42.5 Å². The van der Waals surface area contributed by atoms with Gasteiger partial charge in [0.15, 0.2) is 0 Å². The molecular formula is C19H18N2O5S. The molecule has 0 saturated carbocycles. The highest BCUT2D eigenvalue weighted by Crippen LogP contribution is 2.43. The third-order valence-electron chi connectivity index (χ3n) is 5.12. The van der Waals surface area contributed by atoms with Crippen LogP contribution in [0.3, 0.4) is 0 Å². The molecule has 2 aromatic carbocycles. The van der Waals surface area contributed by atoms with Crippen LogP contribution in [0.2, 0.25) is 0 Å². The molecule has 0 aliphatic carbocycles. The number of piperidine rings is 1. The van der Waals surface area contributed by atoms with E-state index in [0.717, 1.165) is 0 Å². The Kier molecular flexibility index (Phi) is 4.15. The minimum Gasteiger partial charge on any atom is -0.481 e. The van der Waals surface area contributed by atoms with E-state index in [9.17, 15) is 18.0 Å². The SMILES string of the molecule is O=C(O)C1CCN(C(=O)Nc2ccc3c(c2)-c2ccccc2S3(=O)=O)CC1. The van der Waals surface area contributed by atoms with Gasteiger partial charge in [0.25, 0.3) is 0 Å². The van der Waals surface area contributed by atoms with Gasteiger partial charge in [-0.3, -0.25) is 4.79 Å². The molecule has 8 heteroatoms. The van der Waals surface area contributed by atoms with E-state index in [-0.39, 0.29) is 15.8 Å². The molecule has 4 rings (SSSR count). The fourth-order valence-electron chi connectivity index (χ4n) is 3.63. The number of sulfone groups is 1. The van der Waals surface area contributed by atoms with Gasteiger partial charge in [0, 0.05) is 29.9 Å². The quantitative estimate of drug-likeness (QED) is 0.705. The van der Waals surface area contributed by atoms with E-state index in [1.807, 2.05) is 0 Å². The summed E-state index contributed by atoms with van der Waals surface area (Å²) in [6.07, 6.45) is 0.858. The molecule has 2 N–H and O–H groups in total. The normalized spacial score (nSPS) is 17.9. The van der Waals surface area contributed by atoms with Crippen molar-refractivity contribution in [3.63, 3.8) is 0 Å². The number of nitrogens with one attached hydrogen (secondary N) is 1. The van der Waals surface area contributed by atoms with Gasteiger partial charge in [0.05, 0.1) is 15.7 Å². The van der Waals surface area contributed by atoms with Gasteiger partial charge in [-0.1, -0.05) is 18.2 Å². The lowest BCUT2D eigenvalue weighted by Gasteiger charge is -2.30. The van der Waals surface area contributed by atoms with E-state index in [2.05, 4.69) is 5.32 Å². The Morgan fingerprint density at radius 2 is 1.67 bits per heavy atom. The third-order valence-corrected chi connectivity index (χ3v) is 6.99. The van der Waals surface area contributed by atoms with Crippen LogP contribution < -0.4 is 5.32 Å². The number of amides is 2. The number of urea groups is 1. The molecule has 140 valence electrons. The Hall–Kier alpha value is -2.87. The van der Waals surface area contributed by atoms with Crippen molar-refractivity contribution in [2.75, 3.05) is 18.4 Å². The van der Waals surface area contributed by atoms with Crippen molar-refractivity contribution >= 4 is 27.5 Å². The summed E-state index contributed by atoms with van der Waals surface area (Å²) in [6.45, 7) is 0.760. The predicted octanol–water partition coefficient (Wildman–Crippen LogP) is 2.83. The number of likely N-dealkylation sites (tertiary alicyclic amines) is 1. The molecule has 0 atom stereocenters. The average Bonchev–Trinajstić information content (AvgIpc) is 2.89. The van der Waals surface area contributed by atoms with Crippen molar-refractivity contribution < 1.29 is 23.1 Å². The standard InChI is InChI=1S/C19H18N2O5S/c22-18(23)12-7-9-21(10-8-12)19(24)20-13-5-6-17-15(11-13)14-3-1-2-4-16(14)27(17,25)26/h1-6,11-12H,7-10H2,(H,20,24)(H,22,23). The summed E-state index contributed by atoms with van der Waals surface area (Å²) >= 11 is 0. The molecule has 0 unspecified atom stereocenters. The number of hydrogen-bond acceptors (Lipinski definition) is 4. The molecule has 0 bridgehead atoms. The fourth-order valence-corrected chi connectivity index (χ4v) is 5.29. The first-order valence-electron chi connectivity index (χ1n) is 8.65. The van der Waals surface area contributed by atoms with Crippen LogP contribution in [-0.4, -0.2) is 43.5 Å². The highest BCUT2D eigenvalue weighted by molar-refractivity contribution is 7.92. The Morgan fingerprint density at radius 1 is 1.00 bits per heavy atom. The summed E-state index contributed by atoms with van der Waals surface area (Å²) in [7, 11) is -3.52. The molecule has 7 nitrogen and oxygen atoms in total. The number of carboxylic acids is 1. The van der Waals surface area contributed by atoms with Gasteiger partial charge in [-0.15, -0.1) is 0 Å². The van der Waals surface area contributed by atoms with E-state index in [1.54, 1.807) is 41.3 Å². The van der Waals surface area contributed by atoms with Crippen molar-refractivity contribution in [2.24, 2.45) is 5.92 Å². The van der Waals surface area contributed by atoms with Gasteiger partial charge in [-0.25, -0.2) is 13.2 Å². The lowest BCUT2D eigenvalue weighted by molar-refractivity contribution is -0.143. The molecule has 0 aromatic heterocycles. The van der Waals surface area contributed by atoms with Crippen molar-refractivity contribution in [3.8, 4) is 11.1 Å². The predicted molar refractivity (Wildman–Crippen MR) is 98.3 cm³/mol. The smallest absolute Gasteiger partial charge is 0.321 e. The second-order valence-corrected chi connectivity index (χ2v) is 8.63. The Morgan fingerprint density at radius 3 is 2.37 bits per heavy atom. The maximum atomic E-state index is 12.6. The van der Waals surface area contributed by atoms with Crippen LogP contribution >= 0.6 is 0 Å². The van der Waals surface area contributed by atoms with Gasteiger partial charge >= 0.3 is 12.0 Å². The van der Waals surface area contributed by atoms with Crippen LogP contribution in [0.15, 0.2) is 52.3 Å². The molecule has 2 amide bonds. The monoisotopic (exact) mass is 386 g/mol. The molecular weight excluding hydrogens is 368 g/mol. The molecule has 0 radical (unpaired) electrons. The maximum Gasteiger partial charge on any atom is 0.321 e. The molecule has 1 fully saturated rings. The minimum atomic E-state index is -3.52. The largest absolute Gasteiger partial charge is 0.481 e. The lowest BCUT2D eigenvalue weighted by atomic mass is 9.97. The Labute approximate surface area is 156 Å². The number of fused-ring (bicyclic) bond motifs is 3. The van der Waals surface area contributed by atoms with E-state index in [0.29, 0.717) is 42.7 Å². The summed E-state index contributed by atoms with van der Waals surface area (Å²) in [5, 5.41) is 11.8. The Balaban J connectivity index is 1.55. The average molecular weight is 386 g/mol. The summed E-state index contributed by atoms with van der Waals surface area (Å²) < 4.78 is 25.2. The summed E-state index contributed by atoms with van der Waals surface area (Å²) in [5.74, 6) is -1.23. The van der Waals surface area contributed by atoms with E-state index in [4.69, 9.17) is 5.11 Å². The number of aliphatic carboxylic acids is 1. The van der Waals surface area contributed by atoms with Gasteiger partial charge < -0.3 is 15.3 Å². The molecule has 1 saturated heterocycles. The van der Waals surface area contributed by atoms with Gasteiger partial charge in [0.1, 0.15) is 0 Å². The highest BCUT2D eigenvalue weighted by Gasteiger charge is 2.33. The first-order valence-corrected chi connectivity index (χ1v) is 10.1. The van der Waals surface area contributed by atoms with Gasteiger partial charge in [-0.2, -0.15) is 0 Å². The van der Waals surface area contributed by atoms with Crippen LogP contribution in [0, 0.1) is 5.92 Å². The number of anilines is 1. The van der Waals surface area contributed by atoms with Crippen molar-refractivity contribution in [1.82, 2.24) is 4.90 Å². The maximum absolute atomic E-state index is 12.6. The zero-order valence-corrected chi connectivity index (χ0v) is 15.2. The Bertz CT molecular complexity index is 1040.